The van der Waals surface area contributed by atoms with Crippen molar-refractivity contribution in [3.8, 4) is 11.8 Å². The van der Waals surface area contributed by atoms with E-state index in [1.807, 2.05) is 0 Å². The summed E-state index contributed by atoms with van der Waals surface area (Å²) in [7, 11) is 0. The van der Waals surface area contributed by atoms with Crippen LogP contribution in [0, 0.1) is 23.7 Å². The Hall–Kier alpha value is -0.480. The fourth-order valence-electron chi connectivity index (χ4n) is 3.01. The van der Waals surface area contributed by atoms with E-state index in [1.165, 1.54) is 45.1 Å². The summed E-state index contributed by atoms with van der Waals surface area (Å²) in [5, 5.41) is 3.76. The van der Waals surface area contributed by atoms with Crippen molar-refractivity contribution in [1.82, 2.24) is 5.32 Å². The van der Waals surface area contributed by atoms with E-state index in [4.69, 9.17) is 0 Å². The smallest absolute Gasteiger partial charge is 0.0131 e. The van der Waals surface area contributed by atoms with Gasteiger partial charge >= 0.3 is 0 Å². The molecule has 2 unspecified atom stereocenters. The van der Waals surface area contributed by atoms with Crippen LogP contribution in [0.5, 0.6) is 0 Å². The molecule has 0 spiro atoms. The van der Waals surface area contributed by atoms with Crippen molar-refractivity contribution in [3.63, 3.8) is 0 Å². The second-order valence-electron chi connectivity index (χ2n) is 5.30. The van der Waals surface area contributed by atoms with Crippen LogP contribution >= 0.6 is 0 Å². The molecule has 2 atom stereocenters. The first-order valence-electron chi connectivity index (χ1n) is 7.12. The lowest BCUT2D eigenvalue weighted by Crippen LogP contribution is -2.20. The second-order valence-corrected chi connectivity index (χ2v) is 5.30. The van der Waals surface area contributed by atoms with E-state index in [0.717, 1.165) is 30.7 Å². The third kappa shape index (κ3) is 3.25. The Kier molecular flexibility index (Phi) is 4.72. The maximum atomic E-state index is 3.76. The first kappa shape index (κ1) is 12.0. The molecule has 0 bridgehead atoms. The molecule has 0 amide bonds. The second kappa shape index (κ2) is 6.30. The molecule has 0 radical (unpaired) electrons. The first-order valence-corrected chi connectivity index (χ1v) is 7.12. The summed E-state index contributed by atoms with van der Waals surface area (Å²) in [6.45, 7) is 3.51. The van der Waals surface area contributed by atoms with Crippen LogP contribution in [0.15, 0.2) is 0 Å². The molecule has 0 heterocycles. The molecular weight excluding hydrogens is 194 g/mol. The third-order valence-electron chi connectivity index (χ3n) is 4.07. The third-order valence-corrected chi connectivity index (χ3v) is 4.07. The van der Waals surface area contributed by atoms with E-state index >= 15 is 0 Å². The Bertz CT molecular complexity index is 242. The van der Waals surface area contributed by atoms with Crippen molar-refractivity contribution >= 4 is 0 Å². The van der Waals surface area contributed by atoms with Crippen molar-refractivity contribution < 1.29 is 0 Å². The fraction of sp³-hybridized carbons (Fsp3) is 0.867. The predicted octanol–water partition coefficient (Wildman–Crippen LogP) is 3.35. The SMILES string of the molecule is CCCCCCNC1C2CCC#CCCC21. The van der Waals surface area contributed by atoms with Crippen LogP contribution in [0.1, 0.15) is 58.3 Å². The summed E-state index contributed by atoms with van der Waals surface area (Å²) in [6, 6.07) is 0.836. The molecule has 0 aromatic carbocycles. The standard InChI is InChI=1S/C15H25N/c1-2-3-4-9-12-16-15-13-10-7-5-6-8-11-14(13)15/h13-16H,2-4,7-12H2,1H3. The van der Waals surface area contributed by atoms with Gasteiger partial charge in [-0.25, -0.2) is 0 Å². The van der Waals surface area contributed by atoms with Gasteiger partial charge < -0.3 is 5.32 Å². The molecule has 90 valence electrons. The zero-order valence-corrected chi connectivity index (χ0v) is 10.6. The van der Waals surface area contributed by atoms with E-state index in [9.17, 15) is 0 Å². The zero-order valence-electron chi connectivity index (χ0n) is 10.6. The van der Waals surface area contributed by atoms with Crippen LogP contribution in [0.2, 0.25) is 0 Å². The molecular formula is C15H25N. The normalized spacial score (nSPS) is 31.9. The molecule has 2 aliphatic carbocycles. The van der Waals surface area contributed by atoms with Gasteiger partial charge in [0.25, 0.3) is 0 Å². The minimum absolute atomic E-state index is 0.836. The largest absolute Gasteiger partial charge is 0.313 e. The maximum Gasteiger partial charge on any atom is 0.0131 e. The summed E-state index contributed by atoms with van der Waals surface area (Å²) in [5.41, 5.74) is 0. The minimum Gasteiger partial charge on any atom is -0.313 e. The van der Waals surface area contributed by atoms with Gasteiger partial charge in [0.2, 0.25) is 0 Å². The zero-order chi connectivity index (χ0) is 11.2. The summed E-state index contributed by atoms with van der Waals surface area (Å²) >= 11 is 0. The molecule has 1 heteroatoms. The highest BCUT2D eigenvalue weighted by molar-refractivity contribution is 5.10. The average molecular weight is 219 g/mol. The van der Waals surface area contributed by atoms with Crippen LogP contribution in [-0.4, -0.2) is 12.6 Å². The number of rotatable bonds is 6. The highest BCUT2D eigenvalue weighted by Crippen LogP contribution is 2.46. The van der Waals surface area contributed by atoms with Crippen molar-refractivity contribution in [2.75, 3.05) is 6.54 Å². The van der Waals surface area contributed by atoms with E-state index in [0.29, 0.717) is 0 Å². The fourth-order valence-corrected chi connectivity index (χ4v) is 3.01. The number of fused-ring (bicyclic) bond motifs is 1. The van der Waals surface area contributed by atoms with Gasteiger partial charge in [-0.2, -0.15) is 0 Å². The molecule has 1 nitrogen and oxygen atoms in total. The van der Waals surface area contributed by atoms with E-state index in [2.05, 4.69) is 24.1 Å². The lowest BCUT2D eigenvalue weighted by atomic mass is 10.1. The molecule has 2 aliphatic rings. The molecule has 16 heavy (non-hydrogen) atoms. The molecule has 1 saturated carbocycles. The number of hydrogen-bond donors (Lipinski definition) is 1. The quantitative estimate of drug-likeness (QED) is 0.533. The molecule has 1 fully saturated rings. The summed E-state index contributed by atoms with van der Waals surface area (Å²) in [5.74, 6) is 8.46. The van der Waals surface area contributed by atoms with Crippen LogP contribution < -0.4 is 5.32 Å². The number of nitrogens with one attached hydrogen (secondary N) is 1. The summed E-state index contributed by atoms with van der Waals surface area (Å²) < 4.78 is 0. The Morgan fingerprint density at radius 3 is 2.31 bits per heavy atom. The average Bonchev–Trinajstić information content (AvgIpc) is 2.88. The molecule has 0 saturated heterocycles. The number of hydrogen-bond acceptors (Lipinski definition) is 1. The van der Waals surface area contributed by atoms with E-state index in [-0.39, 0.29) is 0 Å². The lowest BCUT2D eigenvalue weighted by molar-refractivity contribution is 0.562. The van der Waals surface area contributed by atoms with Crippen molar-refractivity contribution in [3.05, 3.63) is 0 Å². The van der Waals surface area contributed by atoms with E-state index in [1.54, 1.807) is 0 Å². The van der Waals surface area contributed by atoms with Gasteiger partial charge in [-0.15, -0.1) is 11.8 Å². The Labute approximate surface area is 100 Å². The highest BCUT2D eigenvalue weighted by Gasteiger charge is 2.48. The lowest BCUT2D eigenvalue weighted by Gasteiger charge is -2.03. The molecule has 0 aromatic heterocycles. The van der Waals surface area contributed by atoms with Crippen LogP contribution in [0.25, 0.3) is 0 Å². The summed E-state index contributed by atoms with van der Waals surface area (Å²) in [4.78, 5) is 0. The van der Waals surface area contributed by atoms with Gasteiger partial charge in [0.15, 0.2) is 0 Å². The van der Waals surface area contributed by atoms with Gasteiger partial charge in [-0.1, -0.05) is 26.2 Å². The van der Waals surface area contributed by atoms with Gasteiger partial charge in [0, 0.05) is 18.9 Å². The van der Waals surface area contributed by atoms with Crippen LogP contribution in [-0.2, 0) is 0 Å². The first-order chi connectivity index (χ1) is 7.93. The van der Waals surface area contributed by atoms with Gasteiger partial charge in [-0.3, -0.25) is 0 Å². The topological polar surface area (TPSA) is 12.0 Å². The Morgan fingerprint density at radius 2 is 1.69 bits per heavy atom. The number of unbranched alkanes of at least 4 members (excludes halogenated alkanes) is 3. The van der Waals surface area contributed by atoms with Crippen molar-refractivity contribution in [2.24, 2.45) is 11.8 Å². The van der Waals surface area contributed by atoms with Crippen molar-refractivity contribution in [2.45, 2.75) is 64.3 Å². The maximum absolute atomic E-state index is 3.76. The molecule has 2 rings (SSSR count). The minimum atomic E-state index is 0.836. The van der Waals surface area contributed by atoms with Crippen molar-refractivity contribution in [1.29, 1.82) is 0 Å². The Balaban J connectivity index is 1.58. The van der Waals surface area contributed by atoms with Gasteiger partial charge in [0.1, 0.15) is 0 Å². The highest BCUT2D eigenvalue weighted by atomic mass is 15.0. The van der Waals surface area contributed by atoms with Crippen LogP contribution in [0.4, 0.5) is 0 Å². The molecule has 1 N–H and O–H groups in total. The molecule has 0 aliphatic heterocycles. The molecule has 0 aromatic rings. The monoisotopic (exact) mass is 219 g/mol. The van der Waals surface area contributed by atoms with Crippen LogP contribution in [0.3, 0.4) is 0 Å². The Morgan fingerprint density at radius 1 is 1.00 bits per heavy atom. The van der Waals surface area contributed by atoms with E-state index < -0.39 is 0 Å². The van der Waals surface area contributed by atoms with Gasteiger partial charge in [-0.05, 0) is 37.6 Å². The van der Waals surface area contributed by atoms with Gasteiger partial charge in [0.05, 0.1) is 0 Å². The summed E-state index contributed by atoms with van der Waals surface area (Å²) in [6.07, 6.45) is 10.4. The predicted molar refractivity (Wildman–Crippen MR) is 69.2 cm³/mol.